The van der Waals surface area contributed by atoms with Crippen molar-refractivity contribution in [2.24, 2.45) is 5.92 Å². The maximum Gasteiger partial charge on any atom is 0.327 e. The normalized spacial score (nSPS) is 18.4. The van der Waals surface area contributed by atoms with E-state index >= 15 is 0 Å². The lowest BCUT2D eigenvalue weighted by Crippen LogP contribution is -2.61. The lowest BCUT2D eigenvalue weighted by Gasteiger charge is -2.35. The first-order valence-corrected chi connectivity index (χ1v) is 7.20. The lowest BCUT2D eigenvalue weighted by atomic mass is 9.92. The van der Waals surface area contributed by atoms with Crippen molar-refractivity contribution in [2.45, 2.75) is 32.2 Å². The molecule has 0 saturated heterocycles. The maximum atomic E-state index is 12.2. The number of carbonyl (C=O) groups is 1. The van der Waals surface area contributed by atoms with E-state index in [0.29, 0.717) is 19.1 Å². The molecule has 0 radical (unpaired) electrons. The third-order valence-electron chi connectivity index (χ3n) is 3.66. The largest absolute Gasteiger partial charge is 0.468 e. The second kappa shape index (κ2) is 7.82. The van der Waals surface area contributed by atoms with Crippen molar-refractivity contribution in [1.29, 1.82) is 0 Å². The van der Waals surface area contributed by atoms with Gasteiger partial charge in [-0.1, -0.05) is 6.92 Å². The Kier molecular flexibility index (Phi) is 6.75. The van der Waals surface area contributed by atoms with Crippen molar-refractivity contribution in [3.8, 4) is 0 Å². The highest BCUT2D eigenvalue weighted by Gasteiger charge is 2.51. The second-order valence-electron chi connectivity index (χ2n) is 5.20. The van der Waals surface area contributed by atoms with Crippen molar-refractivity contribution >= 4 is 5.97 Å². The second-order valence-corrected chi connectivity index (χ2v) is 5.20. The van der Waals surface area contributed by atoms with Gasteiger partial charge in [0.25, 0.3) is 0 Å². The summed E-state index contributed by atoms with van der Waals surface area (Å²) < 4.78 is 10.4. The monoisotopic (exact) mass is 272 g/mol. The van der Waals surface area contributed by atoms with Crippen LogP contribution in [0.2, 0.25) is 0 Å². The minimum atomic E-state index is -0.551. The van der Waals surface area contributed by atoms with Crippen LogP contribution < -0.4 is 5.32 Å². The van der Waals surface area contributed by atoms with E-state index in [1.165, 1.54) is 7.11 Å². The van der Waals surface area contributed by atoms with Crippen LogP contribution in [0.3, 0.4) is 0 Å². The number of rotatable bonds is 10. The Morgan fingerprint density at radius 3 is 2.58 bits per heavy atom. The van der Waals surface area contributed by atoms with Crippen LogP contribution in [0.25, 0.3) is 0 Å². The fourth-order valence-electron chi connectivity index (χ4n) is 2.58. The van der Waals surface area contributed by atoms with Gasteiger partial charge in [-0.05, 0) is 39.3 Å². The van der Waals surface area contributed by atoms with E-state index < -0.39 is 5.54 Å². The number of nitrogens with zero attached hydrogens (tertiary/aromatic N) is 1. The fourth-order valence-corrected chi connectivity index (χ4v) is 2.58. The van der Waals surface area contributed by atoms with Crippen LogP contribution >= 0.6 is 0 Å². The maximum absolute atomic E-state index is 12.2. The van der Waals surface area contributed by atoms with Gasteiger partial charge in [0.1, 0.15) is 5.54 Å². The Morgan fingerprint density at radius 2 is 2.11 bits per heavy atom. The summed E-state index contributed by atoms with van der Waals surface area (Å²) in [6.45, 7) is 7.70. The number of likely N-dealkylation sites (N-methyl/N-ethyl adjacent to an activating group) is 2. The van der Waals surface area contributed by atoms with Crippen LogP contribution in [0.4, 0.5) is 0 Å². The topological polar surface area (TPSA) is 50.8 Å². The van der Waals surface area contributed by atoms with E-state index in [1.54, 1.807) is 0 Å². The molecule has 0 heterocycles. The first-order valence-electron chi connectivity index (χ1n) is 7.20. The quantitative estimate of drug-likeness (QED) is 0.473. The predicted molar refractivity (Wildman–Crippen MR) is 75.1 cm³/mol. The summed E-state index contributed by atoms with van der Waals surface area (Å²) in [4.78, 5) is 14.4. The van der Waals surface area contributed by atoms with Crippen LogP contribution in [0, 0.1) is 5.92 Å². The zero-order chi connectivity index (χ0) is 14.3. The van der Waals surface area contributed by atoms with Crippen LogP contribution in [0.1, 0.15) is 26.7 Å². The van der Waals surface area contributed by atoms with Gasteiger partial charge in [0, 0.05) is 19.7 Å². The van der Waals surface area contributed by atoms with Crippen molar-refractivity contribution in [2.75, 3.05) is 47.0 Å². The van der Waals surface area contributed by atoms with Gasteiger partial charge in [0.05, 0.1) is 13.7 Å². The Hall–Kier alpha value is -0.650. The predicted octanol–water partition coefficient (Wildman–Crippen LogP) is 0.886. The SMILES string of the molecule is CCNC(CN(C)CCOCC)(C(=O)OC)C1CC1. The zero-order valence-electron chi connectivity index (χ0n) is 12.7. The first kappa shape index (κ1) is 16.4. The smallest absolute Gasteiger partial charge is 0.327 e. The third-order valence-corrected chi connectivity index (χ3v) is 3.66. The number of carbonyl (C=O) groups excluding carboxylic acids is 1. The summed E-state index contributed by atoms with van der Waals surface area (Å²) >= 11 is 0. The molecule has 1 atom stereocenters. The molecule has 1 unspecified atom stereocenters. The molecule has 0 aromatic rings. The molecule has 19 heavy (non-hydrogen) atoms. The van der Waals surface area contributed by atoms with E-state index in [2.05, 4.69) is 10.2 Å². The van der Waals surface area contributed by atoms with Gasteiger partial charge in [-0.3, -0.25) is 0 Å². The molecular weight excluding hydrogens is 244 g/mol. The molecule has 0 aliphatic heterocycles. The molecule has 1 aliphatic rings. The van der Waals surface area contributed by atoms with Gasteiger partial charge >= 0.3 is 5.97 Å². The molecule has 1 fully saturated rings. The van der Waals surface area contributed by atoms with Crippen LogP contribution in [-0.2, 0) is 14.3 Å². The van der Waals surface area contributed by atoms with Crippen LogP contribution in [0.15, 0.2) is 0 Å². The molecule has 0 spiro atoms. The number of methoxy groups -OCH3 is 1. The molecular formula is C14H28N2O3. The van der Waals surface area contributed by atoms with E-state index in [4.69, 9.17) is 9.47 Å². The summed E-state index contributed by atoms with van der Waals surface area (Å²) in [5.41, 5.74) is -0.551. The van der Waals surface area contributed by atoms with Crippen molar-refractivity contribution in [3.63, 3.8) is 0 Å². The highest BCUT2D eigenvalue weighted by Crippen LogP contribution is 2.40. The van der Waals surface area contributed by atoms with Crippen LogP contribution in [0.5, 0.6) is 0 Å². The molecule has 0 bridgehead atoms. The van der Waals surface area contributed by atoms with Gasteiger partial charge in [-0.25, -0.2) is 4.79 Å². The van der Waals surface area contributed by atoms with E-state index in [-0.39, 0.29) is 5.97 Å². The summed E-state index contributed by atoms with van der Waals surface area (Å²) in [5.74, 6) is 0.259. The Morgan fingerprint density at radius 1 is 1.42 bits per heavy atom. The minimum Gasteiger partial charge on any atom is -0.468 e. The van der Waals surface area contributed by atoms with Gasteiger partial charge in [0.15, 0.2) is 0 Å². The number of hydrogen-bond donors (Lipinski definition) is 1. The third kappa shape index (κ3) is 4.44. The number of ether oxygens (including phenoxy) is 2. The highest BCUT2D eigenvalue weighted by atomic mass is 16.5. The fraction of sp³-hybridized carbons (Fsp3) is 0.929. The Bertz CT molecular complexity index is 282. The molecule has 5 nitrogen and oxygen atoms in total. The average molecular weight is 272 g/mol. The molecule has 0 amide bonds. The Balaban J connectivity index is 2.64. The highest BCUT2D eigenvalue weighted by molar-refractivity contribution is 5.82. The van der Waals surface area contributed by atoms with Crippen molar-refractivity contribution in [1.82, 2.24) is 10.2 Å². The molecule has 1 saturated carbocycles. The molecule has 1 aliphatic carbocycles. The summed E-state index contributed by atoms with van der Waals surface area (Å²) in [7, 11) is 3.49. The molecule has 1 rings (SSSR count). The minimum absolute atomic E-state index is 0.139. The number of esters is 1. The van der Waals surface area contributed by atoms with Crippen molar-refractivity contribution in [3.05, 3.63) is 0 Å². The summed E-state index contributed by atoms with van der Waals surface area (Å²) in [6, 6.07) is 0. The molecule has 1 N–H and O–H groups in total. The number of hydrogen-bond acceptors (Lipinski definition) is 5. The first-order chi connectivity index (χ1) is 9.10. The molecule has 112 valence electrons. The van der Waals surface area contributed by atoms with Crippen LogP contribution in [-0.4, -0.2) is 63.4 Å². The summed E-state index contributed by atoms with van der Waals surface area (Å²) in [5, 5.41) is 3.37. The summed E-state index contributed by atoms with van der Waals surface area (Å²) in [6.07, 6.45) is 2.20. The van der Waals surface area contributed by atoms with Crippen molar-refractivity contribution < 1.29 is 14.3 Å². The van der Waals surface area contributed by atoms with Gasteiger partial charge in [-0.15, -0.1) is 0 Å². The van der Waals surface area contributed by atoms with Gasteiger partial charge in [0.2, 0.25) is 0 Å². The number of nitrogens with one attached hydrogen (secondary N) is 1. The molecule has 5 heteroatoms. The van der Waals surface area contributed by atoms with E-state index in [0.717, 1.165) is 32.5 Å². The van der Waals surface area contributed by atoms with Gasteiger partial charge < -0.3 is 19.7 Å². The lowest BCUT2D eigenvalue weighted by molar-refractivity contribution is -0.150. The standard InChI is InChI=1S/C14H28N2O3/c1-5-15-14(12-7-8-12,13(17)18-4)11-16(3)9-10-19-6-2/h12,15H,5-11H2,1-4H3. The molecule has 0 aromatic carbocycles. The average Bonchev–Trinajstić information content (AvgIpc) is 3.22. The van der Waals surface area contributed by atoms with Gasteiger partial charge in [-0.2, -0.15) is 0 Å². The van der Waals surface area contributed by atoms with E-state index in [9.17, 15) is 4.79 Å². The molecule has 0 aromatic heterocycles. The Labute approximate surface area is 116 Å². The van der Waals surface area contributed by atoms with E-state index in [1.807, 2.05) is 20.9 Å². The zero-order valence-corrected chi connectivity index (χ0v) is 12.7.